The van der Waals surface area contributed by atoms with Crippen LogP contribution in [0.1, 0.15) is 27.0 Å². The van der Waals surface area contributed by atoms with E-state index < -0.39 is 0 Å². The number of aryl methyl sites for hydroxylation is 1. The van der Waals surface area contributed by atoms with Crippen molar-refractivity contribution in [2.45, 2.75) is 13.3 Å². The van der Waals surface area contributed by atoms with E-state index in [0.717, 1.165) is 28.3 Å². The van der Waals surface area contributed by atoms with Gasteiger partial charge in [-0.15, -0.1) is 0 Å². The molecule has 4 aromatic carbocycles. The second-order valence-electron chi connectivity index (χ2n) is 7.22. The molecule has 0 fully saturated rings. The molecule has 0 aliphatic rings. The molecule has 0 saturated carbocycles. The van der Waals surface area contributed by atoms with Gasteiger partial charge in [0.05, 0.1) is 0 Å². The minimum absolute atomic E-state index is 0.117. The Kier molecular flexibility index (Phi) is 5.90. The van der Waals surface area contributed by atoms with Gasteiger partial charge in [0, 0.05) is 11.3 Å². The van der Waals surface area contributed by atoms with Gasteiger partial charge in [0.25, 0.3) is 5.91 Å². The normalized spacial score (nSPS) is 10.4. The van der Waals surface area contributed by atoms with E-state index in [4.69, 9.17) is 4.74 Å². The first-order chi connectivity index (χ1) is 14.7. The van der Waals surface area contributed by atoms with Gasteiger partial charge >= 0.3 is 0 Å². The van der Waals surface area contributed by atoms with E-state index in [1.54, 1.807) is 0 Å². The summed E-state index contributed by atoms with van der Waals surface area (Å²) in [6.45, 7) is 2.03. The highest BCUT2D eigenvalue weighted by Crippen LogP contribution is 2.24. The Labute approximate surface area is 177 Å². The molecular formula is C27H23NO2. The molecule has 0 bridgehead atoms. The molecule has 0 saturated heterocycles. The van der Waals surface area contributed by atoms with Crippen LogP contribution in [0.15, 0.2) is 103 Å². The van der Waals surface area contributed by atoms with Gasteiger partial charge in [0.2, 0.25) is 0 Å². The first-order valence-corrected chi connectivity index (χ1v) is 9.95. The van der Waals surface area contributed by atoms with E-state index in [1.165, 1.54) is 5.56 Å². The zero-order valence-corrected chi connectivity index (χ0v) is 16.8. The summed E-state index contributed by atoms with van der Waals surface area (Å²) in [5.41, 5.74) is 4.73. The zero-order valence-electron chi connectivity index (χ0n) is 16.8. The van der Waals surface area contributed by atoms with E-state index in [0.29, 0.717) is 12.0 Å². The topological polar surface area (TPSA) is 38.3 Å². The number of benzene rings is 4. The molecule has 0 aliphatic carbocycles. The van der Waals surface area contributed by atoms with Crippen LogP contribution in [0.5, 0.6) is 11.5 Å². The van der Waals surface area contributed by atoms with E-state index in [1.807, 2.05) is 97.9 Å². The lowest BCUT2D eigenvalue weighted by Crippen LogP contribution is -2.14. The fourth-order valence-corrected chi connectivity index (χ4v) is 3.33. The van der Waals surface area contributed by atoms with Gasteiger partial charge in [0.15, 0.2) is 0 Å². The summed E-state index contributed by atoms with van der Waals surface area (Å²) >= 11 is 0. The zero-order chi connectivity index (χ0) is 20.8. The van der Waals surface area contributed by atoms with Crippen LogP contribution in [0.4, 0.5) is 5.69 Å². The Morgan fingerprint density at radius 3 is 2.27 bits per heavy atom. The summed E-state index contributed by atoms with van der Waals surface area (Å²) in [6, 6.07) is 33.2. The van der Waals surface area contributed by atoms with Crippen molar-refractivity contribution in [3.05, 3.63) is 125 Å². The Morgan fingerprint density at radius 2 is 1.50 bits per heavy atom. The highest BCUT2D eigenvalue weighted by Gasteiger charge is 2.12. The summed E-state index contributed by atoms with van der Waals surface area (Å²) in [7, 11) is 0. The van der Waals surface area contributed by atoms with Crippen LogP contribution >= 0.6 is 0 Å². The van der Waals surface area contributed by atoms with Crippen molar-refractivity contribution in [2.24, 2.45) is 0 Å². The number of carbonyl (C=O) groups excluding carboxylic acids is 1. The second kappa shape index (κ2) is 9.10. The Bertz CT molecular complexity index is 1130. The third-order valence-corrected chi connectivity index (χ3v) is 4.84. The van der Waals surface area contributed by atoms with Gasteiger partial charge in [0.1, 0.15) is 11.5 Å². The van der Waals surface area contributed by atoms with Gasteiger partial charge in [-0.3, -0.25) is 4.79 Å². The molecular weight excluding hydrogens is 370 g/mol. The molecule has 30 heavy (non-hydrogen) atoms. The number of ether oxygens (including phenoxy) is 1. The maximum absolute atomic E-state index is 12.9. The maximum atomic E-state index is 12.9. The number of hydrogen-bond donors (Lipinski definition) is 1. The molecule has 0 aromatic heterocycles. The summed E-state index contributed by atoms with van der Waals surface area (Å²) in [5.74, 6) is 1.40. The fourth-order valence-electron chi connectivity index (χ4n) is 3.33. The number of amides is 1. The SMILES string of the molecule is Cc1cccc(Oc2ccc(NC(=O)c3ccccc3Cc3ccccc3)cc2)c1. The second-order valence-corrected chi connectivity index (χ2v) is 7.22. The molecule has 3 heteroatoms. The predicted molar refractivity (Wildman–Crippen MR) is 121 cm³/mol. The highest BCUT2D eigenvalue weighted by atomic mass is 16.5. The first kappa shape index (κ1) is 19.5. The summed E-state index contributed by atoms with van der Waals surface area (Å²) in [6.07, 6.45) is 0.716. The van der Waals surface area contributed by atoms with Crippen LogP contribution in [0, 0.1) is 6.92 Å². The molecule has 148 valence electrons. The Morgan fingerprint density at radius 1 is 0.767 bits per heavy atom. The van der Waals surface area contributed by atoms with Gasteiger partial charge in [-0.2, -0.15) is 0 Å². The van der Waals surface area contributed by atoms with E-state index >= 15 is 0 Å². The molecule has 0 heterocycles. The van der Waals surface area contributed by atoms with Gasteiger partial charge in [-0.05, 0) is 72.5 Å². The van der Waals surface area contributed by atoms with Crippen molar-refractivity contribution in [3.8, 4) is 11.5 Å². The van der Waals surface area contributed by atoms with Crippen molar-refractivity contribution in [1.29, 1.82) is 0 Å². The summed E-state index contributed by atoms with van der Waals surface area (Å²) in [4.78, 5) is 12.9. The van der Waals surface area contributed by atoms with Gasteiger partial charge in [-0.25, -0.2) is 0 Å². The minimum atomic E-state index is -0.117. The van der Waals surface area contributed by atoms with Crippen LogP contribution in [-0.4, -0.2) is 5.91 Å². The van der Waals surface area contributed by atoms with E-state index in [9.17, 15) is 4.79 Å². The largest absolute Gasteiger partial charge is 0.457 e. The van der Waals surface area contributed by atoms with Crippen molar-refractivity contribution in [3.63, 3.8) is 0 Å². The molecule has 0 atom stereocenters. The van der Waals surface area contributed by atoms with E-state index in [-0.39, 0.29) is 5.91 Å². The Hall–Kier alpha value is -3.85. The van der Waals surface area contributed by atoms with Crippen LogP contribution in [-0.2, 0) is 6.42 Å². The number of rotatable bonds is 6. The molecule has 3 nitrogen and oxygen atoms in total. The smallest absolute Gasteiger partial charge is 0.255 e. The molecule has 0 unspecified atom stereocenters. The molecule has 0 radical (unpaired) electrons. The molecule has 1 amide bonds. The predicted octanol–water partition coefficient (Wildman–Crippen LogP) is 6.63. The quantitative estimate of drug-likeness (QED) is 0.399. The number of hydrogen-bond acceptors (Lipinski definition) is 2. The third-order valence-electron chi connectivity index (χ3n) is 4.84. The molecule has 0 spiro atoms. The molecule has 4 aromatic rings. The number of nitrogens with one attached hydrogen (secondary N) is 1. The summed E-state index contributed by atoms with van der Waals surface area (Å²) < 4.78 is 5.88. The highest BCUT2D eigenvalue weighted by molar-refractivity contribution is 6.05. The van der Waals surface area contributed by atoms with Crippen LogP contribution in [0.25, 0.3) is 0 Å². The maximum Gasteiger partial charge on any atom is 0.255 e. The third kappa shape index (κ3) is 4.95. The van der Waals surface area contributed by atoms with Crippen LogP contribution in [0.3, 0.4) is 0 Å². The van der Waals surface area contributed by atoms with Crippen molar-refractivity contribution in [2.75, 3.05) is 5.32 Å². The van der Waals surface area contributed by atoms with E-state index in [2.05, 4.69) is 17.4 Å². The summed E-state index contributed by atoms with van der Waals surface area (Å²) in [5, 5.41) is 2.99. The number of carbonyl (C=O) groups is 1. The van der Waals surface area contributed by atoms with Crippen molar-refractivity contribution < 1.29 is 9.53 Å². The lowest BCUT2D eigenvalue weighted by molar-refractivity contribution is 0.102. The average molecular weight is 393 g/mol. The van der Waals surface area contributed by atoms with Crippen molar-refractivity contribution >= 4 is 11.6 Å². The Balaban J connectivity index is 1.45. The minimum Gasteiger partial charge on any atom is -0.457 e. The lowest BCUT2D eigenvalue weighted by Gasteiger charge is -2.11. The molecule has 4 rings (SSSR count). The standard InChI is InChI=1S/C27H23NO2/c1-20-8-7-12-25(18-20)30-24-16-14-23(15-17-24)28-27(29)26-13-6-5-11-22(26)19-21-9-3-2-4-10-21/h2-18H,19H2,1H3,(H,28,29). The van der Waals surface area contributed by atoms with Crippen LogP contribution in [0.2, 0.25) is 0 Å². The van der Waals surface area contributed by atoms with Gasteiger partial charge < -0.3 is 10.1 Å². The average Bonchev–Trinajstić information content (AvgIpc) is 2.76. The molecule has 0 aliphatic heterocycles. The van der Waals surface area contributed by atoms with Crippen molar-refractivity contribution in [1.82, 2.24) is 0 Å². The van der Waals surface area contributed by atoms with Crippen LogP contribution < -0.4 is 10.1 Å². The van der Waals surface area contributed by atoms with Gasteiger partial charge in [-0.1, -0.05) is 60.7 Å². The number of anilines is 1. The first-order valence-electron chi connectivity index (χ1n) is 9.95. The monoisotopic (exact) mass is 393 g/mol. The lowest BCUT2D eigenvalue weighted by atomic mass is 9.99. The fraction of sp³-hybridized carbons (Fsp3) is 0.0741. The molecule has 1 N–H and O–H groups in total.